The van der Waals surface area contributed by atoms with Crippen LogP contribution in [0.5, 0.6) is 0 Å². The first-order valence-electron chi connectivity index (χ1n) is 5.88. The summed E-state index contributed by atoms with van der Waals surface area (Å²) in [5.41, 5.74) is 1.50. The fourth-order valence-corrected chi connectivity index (χ4v) is 1.34. The number of hydrogen-bond acceptors (Lipinski definition) is 3. The number of carbonyl (C=O) groups excluding carboxylic acids is 1. The van der Waals surface area contributed by atoms with Crippen LogP contribution in [0.2, 0.25) is 0 Å². The average Bonchev–Trinajstić information content (AvgIpc) is 2.36. The van der Waals surface area contributed by atoms with Gasteiger partial charge in [0.05, 0.1) is 12.2 Å². The lowest BCUT2D eigenvalue weighted by atomic mass is 10.1. The van der Waals surface area contributed by atoms with Gasteiger partial charge in [0.2, 0.25) is 0 Å². The molecule has 18 heavy (non-hydrogen) atoms. The van der Waals surface area contributed by atoms with Gasteiger partial charge in [0, 0.05) is 19.3 Å². The van der Waals surface area contributed by atoms with Crippen LogP contribution < -0.4 is 10.6 Å². The van der Waals surface area contributed by atoms with Gasteiger partial charge in [0.15, 0.2) is 0 Å². The second kappa shape index (κ2) is 6.98. The van der Waals surface area contributed by atoms with Crippen LogP contribution in [0.3, 0.4) is 0 Å². The van der Waals surface area contributed by atoms with E-state index in [1.165, 1.54) is 0 Å². The summed E-state index contributed by atoms with van der Waals surface area (Å²) in [7, 11) is 1.60. The van der Waals surface area contributed by atoms with E-state index in [1.807, 2.05) is 6.92 Å². The molecule has 1 rings (SSSR count). The monoisotopic (exact) mass is 252 g/mol. The van der Waals surface area contributed by atoms with Crippen LogP contribution in [0.15, 0.2) is 24.3 Å². The van der Waals surface area contributed by atoms with E-state index >= 15 is 0 Å². The molecule has 0 saturated carbocycles. The van der Waals surface area contributed by atoms with Crippen molar-refractivity contribution >= 4 is 11.7 Å². The number of aliphatic hydroxyl groups excluding tert-OH is 1. The van der Waals surface area contributed by atoms with E-state index in [4.69, 9.17) is 4.74 Å². The minimum absolute atomic E-state index is 0.0200. The number of ether oxygens (including phenoxy) is 1. The van der Waals surface area contributed by atoms with Gasteiger partial charge in [-0.3, -0.25) is 0 Å². The molecule has 0 saturated heterocycles. The molecule has 0 aliphatic heterocycles. The molecular formula is C13H20N2O3. The van der Waals surface area contributed by atoms with Crippen LogP contribution in [-0.2, 0) is 4.74 Å². The van der Waals surface area contributed by atoms with Crippen molar-refractivity contribution < 1.29 is 14.6 Å². The largest absolute Gasteiger partial charge is 0.389 e. The Morgan fingerprint density at radius 1 is 1.33 bits per heavy atom. The van der Waals surface area contributed by atoms with E-state index in [-0.39, 0.29) is 12.1 Å². The van der Waals surface area contributed by atoms with Gasteiger partial charge < -0.3 is 20.5 Å². The highest BCUT2D eigenvalue weighted by Gasteiger charge is 2.05. The van der Waals surface area contributed by atoms with Gasteiger partial charge in [0.1, 0.15) is 0 Å². The summed E-state index contributed by atoms with van der Waals surface area (Å²) in [5, 5.41) is 14.8. The Kier molecular flexibility index (Phi) is 5.61. The highest BCUT2D eigenvalue weighted by Crippen LogP contribution is 2.15. The normalized spacial score (nSPS) is 13.8. The van der Waals surface area contributed by atoms with E-state index in [0.717, 1.165) is 5.56 Å². The third-order valence-electron chi connectivity index (χ3n) is 2.60. The predicted octanol–water partition coefficient (Wildman–Crippen LogP) is 1.90. The number of rotatable bonds is 5. The van der Waals surface area contributed by atoms with Gasteiger partial charge in [-0.25, -0.2) is 4.79 Å². The molecule has 0 fully saturated rings. The van der Waals surface area contributed by atoms with Crippen LogP contribution in [-0.4, -0.2) is 30.9 Å². The van der Waals surface area contributed by atoms with Crippen molar-refractivity contribution in [2.75, 3.05) is 19.0 Å². The molecule has 0 radical (unpaired) electrons. The Balaban J connectivity index is 2.44. The van der Waals surface area contributed by atoms with Crippen LogP contribution in [0, 0.1) is 0 Å². The number of anilines is 1. The smallest absolute Gasteiger partial charge is 0.319 e. The van der Waals surface area contributed by atoms with E-state index < -0.39 is 6.10 Å². The van der Waals surface area contributed by atoms with Crippen LogP contribution in [0.4, 0.5) is 10.5 Å². The molecule has 0 bridgehead atoms. The lowest BCUT2D eigenvalue weighted by Crippen LogP contribution is -2.34. The Morgan fingerprint density at radius 3 is 2.44 bits per heavy atom. The van der Waals surface area contributed by atoms with Crippen molar-refractivity contribution in [3.05, 3.63) is 29.8 Å². The third-order valence-corrected chi connectivity index (χ3v) is 2.60. The van der Waals surface area contributed by atoms with E-state index in [0.29, 0.717) is 12.2 Å². The number of urea groups is 1. The number of benzene rings is 1. The van der Waals surface area contributed by atoms with Gasteiger partial charge in [0.25, 0.3) is 0 Å². The minimum atomic E-state index is -0.504. The molecule has 2 unspecified atom stereocenters. The molecule has 1 aromatic carbocycles. The molecule has 100 valence electrons. The molecule has 0 heterocycles. The van der Waals surface area contributed by atoms with Crippen LogP contribution in [0.25, 0.3) is 0 Å². The lowest BCUT2D eigenvalue weighted by Gasteiger charge is -2.12. The summed E-state index contributed by atoms with van der Waals surface area (Å²) in [6, 6.07) is 6.78. The lowest BCUT2D eigenvalue weighted by molar-refractivity contribution is 0.119. The third kappa shape index (κ3) is 4.73. The number of aliphatic hydroxyl groups is 1. The molecule has 0 aliphatic carbocycles. The van der Waals surface area contributed by atoms with E-state index in [2.05, 4.69) is 10.6 Å². The van der Waals surface area contributed by atoms with E-state index in [9.17, 15) is 9.90 Å². The van der Waals surface area contributed by atoms with Crippen LogP contribution >= 0.6 is 0 Å². The molecule has 0 spiro atoms. The number of hydrogen-bond donors (Lipinski definition) is 3. The van der Waals surface area contributed by atoms with Gasteiger partial charge in [-0.15, -0.1) is 0 Å². The topological polar surface area (TPSA) is 70.6 Å². The zero-order valence-electron chi connectivity index (χ0n) is 10.9. The second-order valence-corrected chi connectivity index (χ2v) is 4.18. The van der Waals surface area contributed by atoms with Gasteiger partial charge in [-0.1, -0.05) is 12.1 Å². The molecule has 0 aliphatic rings. The maximum absolute atomic E-state index is 11.5. The molecule has 0 aromatic heterocycles. The molecule has 5 heteroatoms. The average molecular weight is 252 g/mol. The van der Waals surface area contributed by atoms with E-state index in [1.54, 1.807) is 38.3 Å². The van der Waals surface area contributed by atoms with Gasteiger partial charge in [-0.2, -0.15) is 0 Å². The molecular weight excluding hydrogens is 232 g/mol. The number of nitrogens with one attached hydrogen (secondary N) is 2. The van der Waals surface area contributed by atoms with Crippen molar-refractivity contribution in [3.63, 3.8) is 0 Å². The Labute approximate surface area is 107 Å². The van der Waals surface area contributed by atoms with Gasteiger partial charge >= 0.3 is 6.03 Å². The summed E-state index contributed by atoms with van der Waals surface area (Å²) in [5.74, 6) is 0. The van der Waals surface area contributed by atoms with Crippen molar-refractivity contribution in [3.8, 4) is 0 Å². The highest BCUT2D eigenvalue weighted by atomic mass is 16.5. The number of methoxy groups -OCH3 is 1. The van der Waals surface area contributed by atoms with Crippen molar-refractivity contribution in [2.24, 2.45) is 0 Å². The maximum atomic E-state index is 11.5. The zero-order chi connectivity index (χ0) is 13.5. The quantitative estimate of drug-likeness (QED) is 0.749. The molecule has 2 amide bonds. The van der Waals surface area contributed by atoms with Crippen molar-refractivity contribution in [2.45, 2.75) is 26.1 Å². The molecule has 1 aromatic rings. The highest BCUT2D eigenvalue weighted by molar-refractivity contribution is 5.89. The summed E-state index contributed by atoms with van der Waals surface area (Å²) in [6.45, 7) is 4.02. The summed E-state index contributed by atoms with van der Waals surface area (Å²) < 4.78 is 5.02. The molecule has 2 atom stereocenters. The SMILES string of the molecule is COC(C)CNC(=O)Nc1ccc(C(C)O)cc1. The summed E-state index contributed by atoms with van der Waals surface area (Å²) >= 11 is 0. The number of carbonyl (C=O) groups is 1. The maximum Gasteiger partial charge on any atom is 0.319 e. The first-order chi connectivity index (χ1) is 8.52. The van der Waals surface area contributed by atoms with Crippen molar-refractivity contribution in [1.29, 1.82) is 0 Å². The minimum Gasteiger partial charge on any atom is -0.389 e. The standard InChI is InChI=1S/C13H20N2O3/c1-9(18-3)8-14-13(17)15-12-6-4-11(5-7-12)10(2)16/h4-7,9-10,16H,8H2,1-3H3,(H2,14,15,17). The first kappa shape index (κ1) is 14.5. The van der Waals surface area contributed by atoms with Crippen molar-refractivity contribution in [1.82, 2.24) is 5.32 Å². The van der Waals surface area contributed by atoms with Gasteiger partial charge in [-0.05, 0) is 31.5 Å². The summed E-state index contributed by atoms with van der Waals surface area (Å²) in [6.07, 6.45) is -0.524. The predicted molar refractivity (Wildman–Crippen MR) is 70.6 cm³/mol. The van der Waals surface area contributed by atoms with Crippen LogP contribution in [0.1, 0.15) is 25.5 Å². The Morgan fingerprint density at radius 2 is 1.94 bits per heavy atom. The first-order valence-corrected chi connectivity index (χ1v) is 5.88. The zero-order valence-corrected chi connectivity index (χ0v) is 10.9. The fraction of sp³-hybridized carbons (Fsp3) is 0.462. The second-order valence-electron chi connectivity index (χ2n) is 4.18. The Hall–Kier alpha value is -1.59. The summed E-state index contributed by atoms with van der Waals surface area (Å²) in [4.78, 5) is 11.5. The molecule has 3 N–H and O–H groups in total. The fourth-order valence-electron chi connectivity index (χ4n) is 1.34. The number of amides is 2. The molecule has 5 nitrogen and oxygen atoms in total. The Bertz CT molecular complexity index is 376.